The topological polar surface area (TPSA) is 89.7 Å². The van der Waals surface area contributed by atoms with Gasteiger partial charge in [0, 0.05) is 52.7 Å². The van der Waals surface area contributed by atoms with Crippen LogP contribution in [0.2, 0.25) is 0 Å². The molecule has 0 unspecified atom stereocenters. The van der Waals surface area contributed by atoms with Gasteiger partial charge in [0.15, 0.2) is 0 Å². The first-order chi connectivity index (χ1) is 18.2. The number of H-pyrrole nitrogens is 2. The summed E-state index contributed by atoms with van der Waals surface area (Å²) in [6.07, 6.45) is 10.5. The maximum atomic E-state index is 12.4. The lowest BCUT2D eigenvalue weighted by Crippen LogP contribution is -2.29. The zero-order valence-corrected chi connectivity index (χ0v) is 20.8. The van der Waals surface area contributed by atoms with Crippen molar-refractivity contribution in [3.8, 4) is 22.5 Å². The van der Waals surface area contributed by atoms with Gasteiger partial charge in [0.2, 0.25) is 5.91 Å². The summed E-state index contributed by atoms with van der Waals surface area (Å²) in [6, 6.07) is 17.0. The van der Waals surface area contributed by atoms with Crippen LogP contribution in [0.1, 0.15) is 38.5 Å². The molecule has 0 atom stereocenters. The van der Waals surface area contributed by atoms with E-state index < -0.39 is 0 Å². The van der Waals surface area contributed by atoms with Crippen molar-refractivity contribution in [2.75, 3.05) is 23.3 Å². The molecule has 0 spiro atoms. The average molecular weight is 491 g/mol. The maximum absolute atomic E-state index is 12.4. The fourth-order valence-electron chi connectivity index (χ4n) is 5.66. The number of fused-ring (bicyclic) bond motifs is 2. The number of piperidine rings is 1. The first kappa shape index (κ1) is 22.1. The summed E-state index contributed by atoms with van der Waals surface area (Å²) in [4.78, 5) is 22.9. The summed E-state index contributed by atoms with van der Waals surface area (Å²) in [5, 5.41) is 13.2. The van der Waals surface area contributed by atoms with Crippen LogP contribution < -0.4 is 10.2 Å². The Kier molecular flexibility index (Phi) is 5.42. The Balaban J connectivity index is 1.23. The Hall–Kier alpha value is -4.13. The highest BCUT2D eigenvalue weighted by Crippen LogP contribution is 2.36. The molecule has 2 fully saturated rings. The Morgan fingerprint density at radius 2 is 1.78 bits per heavy atom. The molecule has 7 rings (SSSR count). The van der Waals surface area contributed by atoms with Crippen LogP contribution in [0.4, 0.5) is 11.4 Å². The number of pyridine rings is 1. The van der Waals surface area contributed by atoms with Gasteiger partial charge in [-0.05, 0) is 74.1 Å². The molecule has 3 aromatic heterocycles. The van der Waals surface area contributed by atoms with E-state index >= 15 is 0 Å². The van der Waals surface area contributed by atoms with Crippen LogP contribution in [0.5, 0.6) is 0 Å². The van der Waals surface area contributed by atoms with Crippen LogP contribution in [-0.4, -0.2) is 39.2 Å². The molecule has 1 saturated heterocycles. The smallest absolute Gasteiger partial charge is 0.227 e. The number of aromatic nitrogens is 4. The summed E-state index contributed by atoms with van der Waals surface area (Å²) in [5.41, 5.74) is 8.05. The van der Waals surface area contributed by atoms with Gasteiger partial charge in [-0.25, -0.2) is 0 Å². The van der Waals surface area contributed by atoms with Crippen LogP contribution in [-0.2, 0) is 4.79 Å². The van der Waals surface area contributed by atoms with Gasteiger partial charge in [-0.15, -0.1) is 0 Å². The SMILES string of the molecule is O=C(Nc1cncc(-c2ccc3[nH]nc(-c4cc5c(N6CCCCC6)cccc5[nH]4)c3c2)c1)C1CCC1. The van der Waals surface area contributed by atoms with Crippen LogP contribution in [0.3, 0.4) is 0 Å². The number of carbonyl (C=O) groups excluding carboxylic acids is 1. The molecular weight excluding hydrogens is 460 g/mol. The van der Waals surface area contributed by atoms with Crippen molar-refractivity contribution in [2.24, 2.45) is 5.92 Å². The zero-order chi connectivity index (χ0) is 24.8. The van der Waals surface area contributed by atoms with Gasteiger partial charge in [-0.3, -0.25) is 14.9 Å². The minimum Gasteiger partial charge on any atom is -0.371 e. The van der Waals surface area contributed by atoms with Crippen molar-refractivity contribution < 1.29 is 4.79 Å². The average Bonchev–Trinajstić information content (AvgIpc) is 3.52. The van der Waals surface area contributed by atoms with E-state index in [-0.39, 0.29) is 11.8 Å². The molecule has 5 aromatic rings. The van der Waals surface area contributed by atoms with Crippen LogP contribution in [0, 0.1) is 5.92 Å². The van der Waals surface area contributed by atoms with Gasteiger partial charge in [0.05, 0.1) is 23.1 Å². The normalized spacial score (nSPS) is 16.3. The first-order valence-corrected chi connectivity index (χ1v) is 13.3. The number of rotatable bonds is 5. The number of benzene rings is 2. The van der Waals surface area contributed by atoms with Crippen molar-refractivity contribution >= 4 is 39.1 Å². The Morgan fingerprint density at radius 3 is 2.62 bits per heavy atom. The molecule has 1 aliphatic heterocycles. The summed E-state index contributed by atoms with van der Waals surface area (Å²) in [6.45, 7) is 2.23. The van der Waals surface area contributed by atoms with E-state index in [1.807, 2.05) is 12.3 Å². The molecule has 2 aromatic carbocycles. The monoisotopic (exact) mass is 490 g/mol. The minimum atomic E-state index is 0.0977. The maximum Gasteiger partial charge on any atom is 0.227 e. The molecule has 1 amide bonds. The van der Waals surface area contributed by atoms with E-state index in [1.165, 1.54) is 30.3 Å². The Morgan fingerprint density at radius 1 is 0.892 bits per heavy atom. The predicted octanol–water partition coefficient (Wildman–Crippen LogP) is 6.50. The Bertz CT molecular complexity index is 1610. The second-order valence-electron chi connectivity index (χ2n) is 10.4. The van der Waals surface area contributed by atoms with E-state index in [9.17, 15) is 4.79 Å². The number of amides is 1. The molecular formula is C30H30N6O. The number of nitrogens with zero attached hydrogens (tertiary/aromatic N) is 3. The molecule has 0 radical (unpaired) electrons. The molecule has 2 aliphatic rings. The van der Waals surface area contributed by atoms with Gasteiger partial charge < -0.3 is 15.2 Å². The Labute approximate surface area is 215 Å². The van der Waals surface area contributed by atoms with Gasteiger partial charge in [0.25, 0.3) is 0 Å². The van der Waals surface area contributed by atoms with Crippen molar-refractivity contribution in [3.05, 3.63) is 60.9 Å². The molecule has 4 heterocycles. The van der Waals surface area contributed by atoms with Crippen LogP contribution in [0.25, 0.3) is 44.3 Å². The number of hydrogen-bond donors (Lipinski definition) is 3. The predicted molar refractivity (Wildman–Crippen MR) is 149 cm³/mol. The molecule has 37 heavy (non-hydrogen) atoms. The van der Waals surface area contributed by atoms with E-state index in [0.717, 1.165) is 77.0 Å². The molecule has 1 aliphatic carbocycles. The van der Waals surface area contributed by atoms with Crippen LogP contribution in [0.15, 0.2) is 60.9 Å². The van der Waals surface area contributed by atoms with Crippen molar-refractivity contribution in [3.63, 3.8) is 0 Å². The van der Waals surface area contributed by atoms with Crippen molar-refractivity contribution in [1.82, 2.24) is 20.2 Å². The lowest BCUT2D eigenvalue weighted by atomic mass is 9.85. The quantitative estimate of drug-likeness (QED) is 0.262. The highest BCUT2D eigenvalue weighted by Gasteiger charge is 2.25. The van der Waals surface area contributed by atoms with E-state index in [1.54, 1.807) is 6.20 Å². The number of anilines is 2. The van der Waals surface area contributed by atoms with Crippen molar-refractivity contribution in [1.29, 1.82) is 0 Å². The third-order valence-electron chi connectivity index (χ3n) is 7.97. The van der Waals surface area contributed by atoms with Gasteiger partial charge in [-0.2, -0.15) is 5.10 Å². The summed E-state index contributed by atoms with van der Waals surface area (Å²) in [5.74, 6) is 0.237. The van der Waals surface area contributed by atoms with Crippen LogP contribution >= 0.6 is 0 Å². The van der Waals surface area contributed by atoms with Gasteiger partial charge in [-0.1, -0.05) is 18.6 Å². The highest BCUT2D eigenvalue weighted by molar-refractivity contribution is 6.01. The molecule has 0 bridgehead atoms. The first-order valence-electron chi connectivity index (χ1n) is 13.3. The second kappa shape index (κ2) is 9.07. The lowest BCUT2D eigenvalue weighted by Gasteiger charge is -2.29. The van der Waals surface area contributed by atoms with E-state index in [4.69, 9.17) is 0 Å². The zero-order valence-electron chi connectivity index (χ0n) is 20.8. The number of nitrogens with one attached hydrogen (secondary N) is 3. The summed E-state index contributed by atoms with van der Waals surface area (Å²) < 4.78 is 0. The summed E-state index contributed by atoms with van der Waals surface area (Å²) >= 11 is 0. The minimum absolute atomic E-state index is 0.0977. The molecule has 7 heteroatoms. The molecule has 7 nitrogen and oxygen atoms in total. The number of aromatic amines is 2. The number of hydrogen-bond acceptors (Lipinski definition) is 4. The van der Waals surface area contributed by atoms with Gasteiger partial charge in [0.1, 0.15) is 5.69 Å². The largest absolute Gasteiger partial charge is 0.371 e. The fourth-order valence-corrected chi connectivity index (χ4v) is 5.66. The third kappa shape index (κ3) is 4.04. The highest BCUT2D eigenvalue weighted by atomic mass is 16.1. The lowest BCUT2D eigenvalue weighted by molar-refractivity contribution is -0.122. The van der Waals surface area contributed by atoms with E-state index in [0.29, 0.717) is 0 Å². The summed E-state index contributed by atoms with van der Waals surface area (Å²) in [7, 11) is 0. The molecule has 1 saturated carbocycles. The van der Waals surface area contributed by atoms with E-state index in [2.05, 4.69) is 72.8 Å². The van der Waals surface area contributed by atoms with Crippen molar-refractivity contribution in [2.45, 2.75) is 38.5 Å². The third-order valence-corrected chi connectivity index (χ3v) is 7.97. The molecule has 186 valence electrons. The fraction of sp³-hybridized carbons (Fsp3) is 0.300. The second-order valence-corrected chi connectivity index (χ2v) is 10.4. The standard InChI is InChI=1S/C30H30N6O/c37-30(19-6-4-7-19)32-22-14-21(17-31-18-22)20-10-11-26-24(15-20)29(35-34-26)27-16-23-25(33-27)8-5-9-28(23)36-12-2-1-3-13-36/h5,8-11,14-19,33H,1-4,6-7,12-13H2,(H,32,37)(H,34,35). The molecule has 3 N–H and O–H groups in total. The number of carbonyl (C=O) groups is 1. The van der Waals surface area contributed by atoms with Gasteiger partial charge >= 0.3 is 0 Å².